The standard InChI is InChI=1S/C24H38O4.C18H12/c1-3-5-7-9-11-13-15-20-16-17-21(23(25)26)22(19-20)24(27)28-18-14-12-10-8-6-4-2;1-2-6-14-10-18-12-16-8-4-3-7-15(16)11-17(18)9-13(14)5-1/h16-17,19H,3-15,18H2,1-2H3,(H,25,26);1-12H. The number of hydrogen-bond donors (Lipinski definition) is 1. The lowest BCUT2D eigenvalue weighted by Crippen LogP contribution is -2.13. The normalized spacial score (nSPS) is 11.0. The van der Waals surface area contributed by atoms with Crippen LogP contribution in [0.3, 0.4) is 0 Å². The first-order chi connectivity index (χ1) is 22.5. The van der Waals surface area contributed by atoms with E-state index in [1.54, 1.807) is 6.07 Å². The predicted octanol–water partition coefficient (Wildman–Crippen LogP) is 12.0. The van der Waals surface area contributed by atoms with E-state index in [0.717, 1.165) is 37.7 Å². The molecule has 4 heteroatoms. The minimum absolute atomic E-state index is 0.0274. The molecule has 0 aliphatic carbocycles. The Morgan fingerprint density at radius 1 is 0.522 bits per heavy atom. The highest BCUT2D eigenvalue weighted by atomic mass is 16.5. The lowest BCUT2D eigenvalue weighted by Gasteiger charge is -2.10. The molecule has 0 heterocycles. The molecule has 0 aliphatic rings. The fourth-order valence-corrected chi connectivity index (χ4v) is 5.97. The number of esters is 1. The Morgan fingerprint density at radius 3 is 1.46 bits per heavy atom. The number of fused-ring (bicyclic) bond motifs is 3. The molecule has 1 N–H and O–H groups in total. The molecule has 5 rings (SSSR count). The summed E-state index contributed by atoms with van der Waals surface area (Å²) < 4.78 is 5.35. The zero-order valence-corrected chi connectivity index (χ0v) is 27.7. The van der Waals surface area contributed by atoms with Crippen molar-refractivity contribution in [1.82, 2.24) is 0 Å². The van der Waals surface area contributed by atoms with Crippen LogP contribution < -0.4 is 0 Å². The van der Waals surface area contributed by atoms with E-state index in [9.17, 15) is 14.7 Å². The molecule has 0 spiro atoms. The van der Waals surface area contributed by atoms with Crippen LogP contribution in [-0.4, -0.2) is 23.7 Å². The number of ether oxygens (including phenoxy) is 1. The number of carboxylic acid groups (broad SMARTS) is 1. The third-order valence-corrected chi connectivity index (χ3v) is 8.65. The average Bonchev–Trinajstić information content (AvgIpc) is 3.07. The fourth-order valence-electron chi connectivity index (χ4n) is 5.97. The molecule has 0 saturated heterocycles. The molecule has 0 aromatic heterocycles. The van der Waals surface area contributed by atoms with Gasteiger partial charge in [0.25, 0.3) is 0 Å². The SMILES string of the molecule is CCCCCCCCOC(=O)c1cc(CCCCCCCC)ccc1C(=O)O.c1ccc2cc3cc4ccccc4cc3cc2c1. The maximum absolute atomic E-state index is 12.4. The highest BCUT2D eigenvalue weighted by Crippen LogP contribution is 2.27. The van der Waals surface area contributed by atoms with E-state index in [1.807, 2.05) is 6.07 Å². The van der Waals surface area contributed by atoms with Gasteiger partial charge in [-0.15, -0.1) is 0 Å². The van der Waals surface area contributed by atoms with Crippen LogP contribution in [0.2, 0.25) is 0 Å². The number of benzene rings is 5. The third kappa shape index (κ3) is 10.4. The molecule has 0 atom stereocenters. The van der Waals surface area contributed by atoms with Crippen LogP contribution in [0.1, 0.15) is 117 Å². The van der Waals surface area contributed by atoms with Crippen LogP contribution >= 0.6 is 0 Å². The summed E-state index contributed by atoms with van der Waals surface area (Å²) in [6.07, 6.45) is 14.8. The highest BCUT2D eigenvalue weighted by molar-refractivity contribution is 6.05. The Balaban J connectivity index is 0.000000226. The lowest BCUT2D eigenvalue weighted by atomic mass is 9.99. The van der Waals surface area contributed by atoms with Crippen LogP contribution in [0.15, 0.2) is 91.0 Å². The van der Waals surface area contributed by atoms with Crippen molar-refractivity contribution in [2.24, 2.45) is 0 Å². The number of unbranched alkanes of at least 4 members (excludes halogenated alkanes) is 10. The summed E-state index contributed by atoms with van der Waals surface area (Å²) in [6, 6.07) is 31.2. The van der Waals surface area contributed by atoms with Crippen molar-refractivity contribution in [2.45, 2.75) is 97.3 Å². The Hall–Kier alpha value is -4.18. The molecular weight excluding hydrogens is 568 g/mol. The Morgan fingerprint density at radius 2 is 0.978 bits per heavy atom. The van der Waals surface area contributed by atoms with Crippen molar-refractivity contribution in [3.8, 4) is 0 Å². The van der Waals surface area contributed by atoms with Crippen molar-refractivity contribution in [1.29, 1.82) is 0 Å². The Labute approximate surface area is 274 Å². The highest BCUT2D eigenvalue weighted by Gasteiger charge is 2.18. The van der Waals surface area contributed by atoms with Crippen molar-refractivity contribution < 1.29 is 19.4 Å². The van der Waals surface area contributed by atoms with Crippen LogP contribution in [0.4, 0.5) is 0 Å². The largest absolute Gasteiger partial charge is 0.478 e. The topological polar surface area (TPSA) is 63.6 Å². The molecule has 0 radical (unpaired) electrons. The van der Waals surface area contributed by atoms with Gasteiger partial charge in [-0.25, -0.2) is 9.59 Å². The second kappa shape index (κ2) is 18.7. The summed E-state index contributed by atoms with van der Waals surface area (Å²) in [7, 11) is 0. The molecule has 4 nitrogen and oxygen atoms in total. The average molecular weight is 619 g/mol. The van der Waals surface area contributed by atoms with Gasteiger partial charge in [-0.05, 0) is 93.5 Å². The van der Waals surface area contributed by atoms with Gasteiger partial charge >= 0.3 is 11.9 Å². The molecular formula is C42H50O4. The van der Waals surface area contributed by atoms with Gasteiger partial charge in [0.15, 0.2) is 0 Å². The number of carbonyl (C=O) groups is 2. The van der Waals surface area contributed by atoms with E-state index in [0.29, 0.717) is 6.61 Å². The molecule has 46 heavy (non-hydrogen) atoms. The predicted molar refractivity (Wildman–Crippen MR) is 193 cm³/mol. The monoisotopic (exact) mass is 618 g/mol. The van der Waals surface area contributed by atoms with Gasteiger partial charge in [-0.1, -0.05) is 133 Å². The molecule has 0 saturated carbocycles. The van der Waals surface area contributed by atoms with Gasteiger partial charge in [-0.3, -0.25) is 0 Å². The number of aromatic carboxylic acids is 1. The first-order valence-electron chi connectivity index (χ1n) is 17.3. The zero-order chi connectivity index (χ0) is 32.6. The molecule has 242 valence electrons. The summed E-state index contributed by atoms with van der Waals surface area (Å²) in [6.45, 7) is 4.74. The number of carbonyl (C=O) groups excluding carboxylic acids is 1. The fraction of sp³-hybridized carbons (Fsp3) is 0.381. The van der Waals surface area contributed by atoms with Gasteiger partial charge in [-0.2, -0.15) is 0 Å². The summed E-state index contributed by atoms with van der Waals surface area (Å²) >= 11 is 0. The van der Waals surface area contributed by atoms with Gasteiger partial charge in [0.2, 0.25) is 0 Å². The van der Waals surface area contributed by atoms with Crippen molar-refractivity contribution in [3.05, 3.63) is 108 Å². The quantitative estimate of drug-likeness (QED) is 0.0679. The van der Waals surface area contributed by atoms with Gasteiger partial charge in [0, 0.05) is 0 Å². The molecule has 0 amide bonds. The van der Waals surface area contributed by atoms with Crippen molar-refractivity contribution in [3.63, 3.8) is 0 Å². The second-order valence-electron chi connectivity index (χ2n) is 12.4. The molecule has 0 unspecified atom stereocenters. The van der Waals surface area contributed by atoms with E-state index in [-0.39, 0.29) is 11.1 Å². The Kier molecular flexibility index (Phi) is 14.1. The molecule has 5 aromatic rings. The van der Waals surface area contributed by atoms with Crippen LogP contribution in [-0.2, 0) is 11.2 Å². The number of carboxylic acids is 1. The summed E-state index contributed by atoms with van der Waals surface area (Å²) in [5, 5.41) is 17.2. The minimum atomic E-state index is -1.09. The maximum Gasteiger partial charge on any atom is 0.339 e. The molecule has 0 fully saturated rings. The number of rotatable bonds is 16. The molecule has 5 aromatic carbocycles. The first kappa shape index (κ1) is 34.7. The first-order valence-corrected chi connectivity index (χ1v) is 17.3. The number of aryl methyl sites for hydroxylation is 1. The van der Waals surface area contributed by atoms with E-state index in [4.69, 9.17) is 4.74 Å². The zero-order valence-electron chi connectivity index (χ0n) is 27.7. The Bertz CT molecular complexity index is 1560. The van der Waals surface area contributed by atoms with E-state index in [1.165, 1.54) is 89.8 Å². The van der Waals surface area contributed by atoms with Gasteiger partial charge in [0.05, 0.1) is 17.7 Å². The maximum atomic E-state index is 12.4. The smallest absolute Gasteiger partial charge is 0.339 e. The van der Waals surface area contributed by atoms with Crippen molar-refractivity contribution >= 4 is 44.3 Å². The molecule has 0 bridgehead atoms. The van der Waals surface area contributed by atoms with Crippen LogP contribution in [0, 0.1) is 0 Å². The second-order valence-corrected chi connectivity index (χ2v) is 12.4. The van der Waals surface area contributed by atoms with E-state index in [2.05, 4.69) is 86.6 Å². The minimum Gasteiger partial charge on any atom is -0.478 e. The van der Waals surface area contributed by atoms with Crippen LogP contribution in [0.25, 0.3) is 32.3 Å². The lowest BCUT2D eigenvalue weighted by molar-refractivity contribution is 0.0487. The summed E-state index contributed by atoms with van der Waals surface area (Å²) in [5.74, 6) is -1.60. The molecule has 0 aliphatic heterocycles. The summed E-state index contributed by atoms with van der Waals surface area (Å²) in [5.41, 5.74) is 1.22. The van der Waals surface area contributed by atoms with Crippen molar-refractivity contribution in [2.75, 3.05) is 6.61 Å². The van der Waals surface area contributed by atoms with E-state index < -0.39 is 11.9 Å². The third-order valence-electron chi connectivity index (χ3n) is 8.65. The number of hydrogen-bond acceptors (Lipinski definition) is 3. The van der Waals surface area contributed by atoms with E-state index >= 15 is 0 Å². The van der Waals surface area contributed by atoms with Gasteiger partial charge < -0.3 is 9.84 Å². The summed E-state index contributed by atoms with van der Waals surface area (Å²) in [4.78, 5) is 23.9. The van der Waals surface area contributed by atoms with Crippen LogP contribution in [0.5, 0.6) is 0 Å². The van der Waals surface area contributed by atoms with Gasteiger partial charge in [0.1, 0.15) is 0 Å².